The number of benzene rings is 2. The Morgan fingerprint density at radius 1 is 1.18 bits per heavy atom. The third kappa shape index (κ3) is 6.09. The van der Waals surface area contributed by atoms with E-state index in [0.717, 1.165) is 37.0 Å². The van der Waals surface area contributed by atoms with Gasteiger partial charge in [0, 0.05) is 30.2 Å². The van der Waals surface area contributed by atoms with Crippen LogP contribution in [0, 0.1) is 0 Å². The van der Waals surface area contributed by atoms with Crippen molar-refractivity contribution in [2.75, 3.05) is 20.3 Å². The van der Waals surface area contributed by atoms with Gasteiger partial charge in [-0.1, -0.05) is 26.3 Å². The predicted octanol–water partition coefficient (Wildman–Crippen LogP) is 4.52. The fourth-order valence-corrected chi connectivity index (χ4v) is 5.65. The number of fused-ring (bicyclic) bond motifs is 5. The van der Waals surface area contributed by atoms with Gasteiger partial charge in [-0.05, 0) is 69.0 Å². The second-order valence-corrected chi connectivity index (χ2v) is 10.5. The molecule has 2 aromatic rings. The summed E-state index contributed by atoms with van der Waals surface area (Å²) in [5.74, 6) is 1.25. The zero-order chi connectivity index (χ0) is 28.9. The quantitative estimate of drug-likeness (QED) is 0.578. The lowest BCUT2D eigenvalue weighted by Gasteiger charge is -2.31. The molecule has 2 aromatic carbocycles. The number of rotatable bonds is 4. The molecule has 6 bridgehead atoms. The Labute approximate surface area is 237 Å². The van der Waals surface area contributed by atoms with E-state index in [4.69, 9.17) is 19.9 Å². The number of amides is 2. The van der Waals surface area contributed by atoms with Gasteiger partial charge in [0.1, 0.15) is 11.5 Å². The molecule has 4 aliphatic rings. The summed E-state index contributed by atoms with van der Waals surface area (Å²) in [6.07, 6.45) is 3.89. The molecule has 0 spiro atoms. The van der Waals surface area contributed by atoms with Crippen molar-refractivity contribution in [1.29, 1.82) is 0 Å². The molecule has 0 saturated heterocycles. The monoisotopic (exact) mass is 550 g/mol. The van der Waals surface area contributed by atoms with Crippen LogP contribution in [0.1, 0.15) is 86.5 Å². The molecule has 0 saturated carbocycles. The van der Waals surface area contributed by atoms with E-state index in [1.54, 1.807) is 25.3 Å². The summed E-state index contributed by atoms with van der Waals surface area (Å²) in [5, 5.41) is 3.20. The molecule has 9 nitrogen and oxygen atoms in total. The van der Waals surface area contributed by atoms with Gasteiger partial charge in [0.25, 0.3) is 5.91 Å². The number of nitrogens with two attached hydrogens (primary N) is 1. The van der Waals surface area contributed by atoms with Gasteiger partial charge in [-0.3, -0.25) is 14.5 Å². The minimum Gasteiger partial charge on any atom is -0.494 e. The van der Waals surface area contributed by atoms with E-state index in [-0.39, 0.29) is 30.4 Å². The van der Waals surface area contributed by atoms with E-state index in [1.807, 2.05) is 33.8 Å². The number of nitrogens with one attached hydrogen (secondary N) is 1. The number of carbonyl (C=O) groups is 2. The van der Waals surface area contributed by atoms with Crippen LogP contribution in [0.25, 0.3) is 0 Å². The Kier molecular flexibility index (Phi) is 9.35. The first kappa shape index (κ1) is 29.4. The molecule has 3 atom stereocenters. The van der Waals surface area contributed by atoms with Crippen LogP contribution in [0.2, 0.25) is 0 Å². The average Bonchev–Trinajstić information content (AvgIpc) is 3.20. The number of aryl methyl sites for hydroxylation is 1. The van der Waals surface area contributed by atoms with Crippen molar-refractivity contribution in [1.82, 2.24) is 10.2 Å². The molecule has 40 heavy (non-hydrogen) atoms. The molecule has 0 fully saturated rings. The maximum Gasteiger partial charge on any atom is 0.251 e. The van der Waals surface area contributed by atoms with Gasteiger partial charge < -0.3 is 25.3 Å². The summed E-state index contributed by atoms with van der Waals surface area (Å²) in [7, 11) is 1.63. The highest BCUT2D eigenvalue weighted by Crippen LogP contribution is 2.44. The summed E-state index contributed by atoms with van der Waals surface area (Å²) >= 11 is 0. The Morgan fingerprint density at radius 3 is 2.70 bits per heavy atom. The van der Waals surface area contributed by atoms with E-state index < -0.39 is 11.6 Å². The molecule has 6 rings (SSSR count). The van der Waals surface area contributed by atoms with Crippen molar-refractivity contribution in [2.45, 2.75) is 84.0 Å². The van der Waals surface area contributed by atoms with Gasteiger partial charge in [-0.25, -0.2) is 4.99 Å². The van der Waals surface area contributed by atoms with E-state index >= 15 is 0 Å². The van der Waals surface area contributed by atoms with Crippen LogP contribution in [0.3, 0.4) is 0 Å². The van der Waals surface area contributed by atoms with Crippen LogP contribution in [0.5, 0.6) is 11.5 Å². The van der Waals surface area contributed by atoms with Crippen molar-refractivity contribution >= 4 is 17.8 Å². The highest BCUT2D eigenvalue weighted by Gasteiger charge is 2.46. The van der Waals surface area contributed by atoms with Crippen molar-refractivity contribution in [2.24, 2.45) is 10.7 Å². The van der Waals surface area contributed by atoms with Crippen molar-refractivity contribution in [3.63, 3.8) is 0 Å². The maximum atomic E-state index is 13.6. The predicted molar refractivity (Wildman–Crippen MR) is 155 cm³/mol. The van der Waals surface area contributed by atoms with Gasteiger partial charge in [-0.15, -0.1) is 0 Å². The minimum atomic E-state index is -0.761. The molecule has 0 radical (unpaired) electrons. The molecule has 2 amide bonds. The topological polar surface area (TPSA) is 115 Å². The summed E-state index contributed by atoms with van der Waals surface area (Å²) in [6, 6.07) is 10.9. The summed E-state index contributed by atoms with van der Waals surface area (Å²) in [6.45, 7) is 8.79. The fourth-order valence-electron chi connectivity index (χ4n) is 5.65. The second kappa shape index (κ2) is 12.7. The minimum absolute atomic E-state index is 0.0698. The Hall–Kier alpha value is -3.59. The standard InChI is InChI=1S/C29H36N4O5.C2H6/c1-4-37-23-12-10-19-14-20(23)16-33-25(34)15-21(31-28(33)30)8-6-5-7-18-9-11-24-22(13-18)26(32-27(19)35)29(2,38-24)17-36-3;1-2/h9-14,21,26H,4-8,15-17H2,1-3H3,(H2,30,31)(H,32,35);1-2H3. The van der Waals surface area contributed by atoms with Crippen LogP contribution in [-0.4, -0.2) is 54.6 Å². The molecule has 216 valence electrons. The van der Waals surface area contributed by atoms with E-state index in [2.05, 4.69) is 22.4 Å². The molecule has 9 heteroatoms. The number of guanidine groups is 1. The van der Waals surface area contributed by atoms with Crippen LogP contribution in [0.4, 0.5) is 0 Å². The average molecular weight is 551 g/mol. The van der Waals surface area contributed by atoms with Gasteiger partial charge in [0.05, 0.1) is 31.8 Å². The Balaban J connectivity index is 0.00000181. The Morgan fingerprint density at radius 2 is 1.98 bits per heavy atom. The van der Waals surface area contributed by atoms with Crippen LogP contribution in [0.15, 0.2) is 41.4 Å². The third-order valence-corrected chi connectivity index (χ3v) is 7.55. The van der Waals surface area contributed by atoms with Crippen molar-refractivity contribution in [3.05, 3.63) is 58.7 Å². The van der Waals surface area contributed by atoms with E-state index in [9.17, 15) is 9.59 Å². The number of ether oxygens (including phenoxy) is 3. The summed E-state index contributed by atoms with van der Waals surface area (Å²) in [5.41, 5.74) is 8.78. The number of carbonyl (C=O) groups excluding carboxylic acids is 2. The largest absolute Gasteiger partial charge is 0.494 e. The van der Waals surface area contributed by atoms with Gasteiger partial charge in [0.2, 0.25) is 5.91 Å². The highest BCUT2D eigenvalue weighted by molar-refractivity contribution is 5.99. The molecule has 0 aliphatic carbocycles. The highest BCUT2D eigenvalue weighted by atomic mass is 16.5. The number of aliphatic imine (C=N–C) groups is 1. The molecular weight excluding hydrogens is 508 g/mol. The first-order valence-electron chi connectivity index (χ1n) is 14.3. The van der Waals surface area contributed by atoms with Crippen molar-refractivity contribution in [3.8, 4) is 11.5 Å². The number of methoxy groups -OCH3 is 1. The summed E-state index contributed by atoms with van der Waals surface area (Å²) in [4.78, 5) is 32.8. The van der Waals surface area contributed by atoms with Gasteiger partial charge in [-0.2, -0.15) is 0 Å². The molecular formula is C31H42N4O5. The van der Waals surface area contributed by atoms with E-state index in [0.29, 0.717) is 36.5 Å². The molecule has 4 heterocycles. The van der Waals surface area contributed by atoms with Crippen molar-refractivity contribution < 1.29 is 23.8 Å². The van der Waals surface area contributed by atoms with Gasteiger partial charge >= 0.3 is 0 Å². The third-order valence-electron chi connectivity index (χ3n) is 7.55. The van der Waals surface area contributed by atoms with E-state index in [1.165, 1.54) is 10.5 Å². The smallest absolute Gasteiger partial charge is 0.251 e. The normalized spacial score (nSPS) is 24.1. The van der Waals surface area contributed by atoms with Crippen LogP contribution >= 0.6 is 0 Å². The first-order valence-corrected chi connectivity index (χ1v) is 14.3. The zero-order valence-corrected chi connectivity index (χ0v) is 24.3. The van der Waals surface area contributed by atoms with Crippen LogP contribution in [-0.2, 0) is 22.5 Å². The second-order valence-electron chi connectivity index (χ2n) is 10.5. The number of hydrogen-bond donors (Lipinski definition) is 2. The molecule has 3 N–H and O–H groups in total. The zero-order valence-electron chi connectivity index (χ0n) is 24.3. The van der Waals surface area contributed by atoms with Crippen LogP contribution < -0.4 is 20.5 Å². The number of nitrogens with zero attached hydrogens (tertiary/aromatic N) is 2. The lowest BCUT2D eigenvalue weighted by atomic mass is 9.91. The maximum absolute atomic E-state index is 13.6. The SMILES string of the molecule is CC.CCOc1ccc2cc1CN1C(=O)CC(CCCCc3ccc4c(c3)C(NC2=O)C(C)(COC)O4)N=C1N. The Bertz CT molecular complexity index is 1260. The first-order chi connectivity index (χ1) is 19.3. The lowest BCUT2D eigenvalue weighted by molar-refractivity contribution is -0.128. The molecule has 4 aliphatic heterocycles. The number of hydrogen-bond acceptors (Lipinski definition) is 7. The molecule has 3 unspecified atom stereocenters. The fraction of sp³-hybridized carbons (Fsp3) is 0.516. The summed E-state index contributed by atoms with van der Waals surface area (Å²) < 4.78 is 17.6. The molecule has 0 aromatic heterocycles. The van der Waals surface area contributed by atoms with Gasteiger partial charge in [0.15, 0.2) is 11.6 Å². The lowest BCUT2D eigenvalue weighted by Crippen LogP contribution is -2.47.